The summed E-state index contributed by atoms with van der Waals surface area (Å²) in [6.07, 6.45) is 1.84. The largest absolute Gasteiger partial charge is 0.481 e. The minimum atomic E-state index is 0.642. The number of anilines is 1. The van der Waals surface area contributed by atoms with E-state index in [1.165, 1.54) is 0 Å². The van der Waals surface area contributed by atoms with Crippen LogP contribution in [0.4, 0.5) is 5.69 Å². The number of nitrogen functional groups attached to an aromatic ring is 1. The molecule has 1 heterocycles. The average Bonchev–Trinajstić information content (AvgIpc) is 2.64. The molecule has 0 bridgehead atoms. The third kappa shape index (κ3) is 3.73. The lowest BCUT2D eigenvalue weighted by molar-refractivity contribution is 0.390. The van der Waals surface area contributed by atoms with Gasteiger partial charge in [-0.05, 0) is 23.3 Å². The Morgan fingerprint density at radius 2 is 1.62 bits per heavy atom. The zero-order chi connectivity index (χ0) is 16.8. The topological polar surface area (TPSA) is 60.2 Å². The van der Waals surface area contributed by atoms with Gasteiger partial charge in [0.25, 0.3) is 0 Å². The van der Waals surface area contributed by atoms with Crippen LogP contribution in [-0.2, 0) is 13.1 Å². The number of nitrogens with zero attached hydrogens (tertiary/aromatic N) is 1. The zero-order valence-electron chi connectivity index (χ0n) is 13.7. The monoisotopic (exact) mass is 319 g/mol. The molecule has 0 aliphatic heterocycles. The Bertz CT molecular complexity index is 803. The summed E-state index contributed by atoms with van der Waals surface area (Å²) in [4.78, 5) is 4.43. The number of nitrogens with two attached hydrogens (primary N) is 1. The van der Waals surface area contributed by atoms with Gasteiger partial charge in [0.05, 0.1) is 7.11 Å². The van der Waals surface area contributed by atoms with E-state index < -0.39 is 0 Å². The first-order valence-electron chi connectivity index (χ1n) is 7.90. The molecule has 0 amide bonds. The Morgan fingerprint density at radius 3 is 2.38 bits per heavy atom. The van der Waals surface area contributed by atoms with Crippen molar-refractivity contribution in [2.75, 3.05) is 12.8 Å². The van der Waals surface area contributed by atoms with Gasteiger partial charge in [0.15, 0.2) is 0 Å². The second kappa shape index (κ2) is 7.62. The van der Waals surface area contributed by atoms with Crippen molar-refractivity contribution in [3.8, 4) is 17.0 Å². The fourth-order valence-corrected chi connectivity index (χ4v) is 2.62. The highest BCUT2D eigenvalue weighted by Gasteiger charge is 2.08. The maximum Gasteiger partial charge on any atom is 0.217 e. The predicted molar refractivity (Wildman–Crippen MR) is 97.6 cm³/mol. The van der Waals surface area contributed by atoms with E-state index in [1.54, 1.807) is 7.11 Å². The van der Waals surface area contributed by atoms with Crippen LogP contribution >= 0.6 is 0 Å². The van der Waals surface area contributed by atoms with Crippen molar-refractivity contribution in [2.45, 2.75) is 13.1 Å². The van der Waals surface area contributed by atoms with E-state index in [2.05, 4.69) is 28.5 Å². The summed E-state index contributed by atoms with van der Waals surface area (Å²) >= 11 is 0. The van der Waals surface area contributed by atoms with E-state index in [4.69, 9.17) is 10.5 Å². The van der Waals surface area contributed by atoms with Crippen molar-refractivity contribution in [1.82, 2.24) is 10.3 Å². The Morgan fingerprint density at radius 1 is 0.917 bits per heavy atom. The van der Waals surface area contributed by atoms with Crippen molar-refractivity contribution in [2.24, 2.45) is 0 Å². The normalized spacial score (nSPS) is 10.5. The highest BCUT2D eigenvalue weighted by atomic mass is 16.5. The smallest absolute Gasteiger partial charge is 0.217 e. The van der Waals surface area contributed by atoms with E-state index in [0.717, 1.165) is 27.9 Å². The fourth-order valence-electron chi connectivity index (χ4n) is 2.62. The number of nitrogens with one attached hydrogen (secondary N) is 1. The first-order valence-corrected chi connectivity index (χ1v) is 7.90. The van der Waals surface area contributed by atoms with Crippen LogP contribution in [0.15, 0.2) is 66.9 Å². The summed E-state index contributed by atoms with van der Waals surface area (Å²) in [6, 6.07) is 20.2. The second-order valence-electron chi connectivity index (χ2n) is 5.56. The molecular weight excluding hydrogens is 298 g/mol. The first-order chi connectivity index (χ1) is 11.8. The summed E-state index contributed by atoms with van der Waals surface area (Å²) in [6.45, 7) is 1.36. The van der Waals surface area contributed by atoms with Gasteiger partial charge in [-0.2, -0.15) is 0 Å². The van der Waals surface area contributed by atoms with Crippen molar-refractivity contribution in [3.63, 3.8) is 0 Å². The average molecular weight is 319 g/mol. The van der Waals surface area contributed by atoms with Gasteiger partial charge >= 0.3 is 0 Å². The van der Waals surface area contributed by atoms with Gasteiger partial charge < -0.3 is 15.8 Å². The standard InChI is InChI=1S/C20H21N3O/c1-24-20-18(13-22-12-16-9-5-6-10-19(16)21)11-17(14-23-20)15-7-3-2-4-8-15/h2-11,14,22H,12-13,21H2,1H3. The molecule has 122 valence electrons. The molecule has 1 aromatic heterocycles. The maximum atomic E-state index is 5.98. The zero-order valence-corrected chi connectivity index (χ0v) is 13.7. The minimum absolute atomic E-state index is 0.642. The molecule has 3 rings (SSSR count). The highest BCUT2D eigenvalue weighted by molar-refractivity contribution is 5.63. The molecule has 0 atom stereocenters. The summed E-state index contributed by atoms with van der Waals surface area (Å²) in [7, 11) is 1.64. The summed E-state index contributed by atoms with van der Waals surface area (Å²) < 4.78 is 5.39. The Labute approximate surface area is 142 Å². The molecule has 3 N–H and O–H groups in total. The van der Waals surface area contributed by atoms with Crippen LogP contribution in [0.3, 0.4) is 0 Å². The fraction of sp³-hybridized carbons (Fsp3) is 0.150. The van der Waals surface area contributed by atoms with Crippen LogP contribution in [0.5, 0.6) is 5.88 Å². The highest BCUT2D eigenvalue weighted by Crippen LogP contribution is 2.24. The van der Waals surface area contributed by atoms with Crippen molar-refractivity contribution >= 4 is 5.69 Å². The molecule has 0 saturated heterocycles. The Balaban J connectivity index is 1.75. The molecule has 0 saturated carbocycles. The van der Waals surface area contributed by atoms with E-state index >= 15 is 0 Å². The van der Waals surface area contributed by atoms with Crippen LogP contribution in [0, 0.1) is 0 Å². The molecule has 0 unspecified atom stereocenters. The number of rotatable bonds is 6. The van der Waals surface area contributed by atoms with Crippen LogP contribution in [0.2, 0.25) is 0 Å². The number of pyridine rings is 1. The lowest BCUT2D eigenvalue weighted by Crippen LogP contribution is -2.15. The van der Waals surface area contributed by atoms with Gasteiger partial charge in [-0.1, -0.05) is 48.5 Å². The molecule has 0 aliphatic carbocycles. The van der Waals surface area contributed by atoms with Gasteiger partial charge in [0.2, 0.25) is 5.88 Å². The van der Waals surface area contributed by atoms with Gasteiger partial charge in [-0.25, -0.2) is 4.98 Å². The molecule has 0 radical (unpaired) electrons. The van der Waals surface area contributed by atoms with E-state index in [1.807, 2.05) is 48.7 Å². The Hall–Kier alpha value is -2.85. The third-order valence-corrected chi connectivity index (χ3v) is 3.91. The lowest BCUT2D eigenvalue weighted by Gasteiger charge is -2.12. The van der Waals surface area contributed by atoms with Crippen molar-refractivity contribution in [3.05, 3.63) is 78.0 Å². The SMILES string of the molecule is COc1ncc(-c2ccccc2)cc1CNCc1ccccc1N. The Kier molecular flexibility index (Phi) is 5.08. The minimum Gasteiger partial charge on any atom is -0.481 e. The summed E-state index contributed by atoms with van der Waals surface area (Å²) in [5.74, 6) is 0.642. The van der Waals surface area contributed by atoms with E-state index in [0.29, 0.717) is 19.0 Å². The van der Waals surface area contributed by atoms with Crippen LogP contribution in [-0.4, -0.2) is 12.1 Å². The molecule has 0 spiro atoms. The summed E-state index contributed by atoms with van der Waals surface area (Å²) in [5.41, 5.74) is 11.1. The van der Waals surface area contributed by atoms with Crippen LogP contribution in [0.25, 0.3) is 11.1 Å². The molecule has 2 aromatic carbocycles. The van der Waals surface area contributed by atoms with Crippen LogP contribution < -0.4 is 15.8 Å². The quantitative estimate of drug-likeness (QED) is 0.681. The van der Waals surface area contributed by atoms with Crippen LogP contribution in [0.1, 0.15) is 11.1 Å². The number of aromatic nitrogens is 1. The molecular formula is C20H21N3O. The van der Waals surface area contributed by atoms with E-state index in [9.17, 15) is 0 Å². The summed E-state index contributed by atoms with van der Waals surface area (Å²) in [5, 5.41) is 3.41. The second-order valence-corrected chi connectivity index (χ2v) is 5.56. The molecule has 4 nitrogen and oxygen atoms in total. The molecule has 3 aromatic rings. The first kappa shape index (κ1) is 16.0. The maximum absolute atomic E-state index is 5.98. The number of hydrogen-bond acceptors (Lipinski definition) is 4. The van der Waals surface area contributed by atoms with Gasteiger partial charge in [-0.3, -0.25) is 0 Å². The van der Waals surface area contributed by atoms with E-state index in [-0.39, 0.29) is 0 Å². The molecule has 4 heteroatoms. The third-order valence-electron chi connectivity index (χ3n) is 3.91. The number of para-hydroxylation sites is 1. The van der Waals surface area contributed by atoms with Gasteiger partial charge in [0.1, 0.15) is 0 Å². The molecule has 0 aliphatic rings. The molecule has 0 fully saturated rings. The number of benzene rings is 2. The predicted octanol–water partition coefficient (Wildman–Crippen LogP) is 3.63. The van der Waals surface area contributed by atoms with Crippen molar-refractivity contribution < 1.29 is 4.74 Å². The van der Waals surface area contributed by atoms with Gasteiger partial charge in [0, 0.05) is 36.1 Å². The number of ether oxygens (including phenoxy) is 1. The molecule has 24 heavy (non-hydrogen) atoms. The number of hydrogen-bond donors (Lipinski definition) is 2. The lowest BCUT2D eigenvalue weighted by atomic mass is 10.1. The van der Waals surface area contributed by atoms with Crippen molar-refractivity contribution in [1.29, 1.82) is 0 Å². The number of methoxy groups -OCH3 is 1. The van der Waals surface area contributed by atoms with Gasteiger partial charge in [-0.15, -0.1) is 0 Å².